The fraction of sp³-hybridized carbons (Fsp3) is 0.571. The SMILES string of the molecule is CNCc1ccc(CS(=O)(=O)NC(C)CCSC)cc1. The van der Waals surface area contributed by atoms with Crippen LogP contribution in [0.1, 0.15) is 24.5 Å². The summed E-state index contributed by atoms with van der Waals surface area (Å²) >= 11 is 1.73. The molecule has 4 nitrogen and oxygen atoms in total. The molecule has 0 radical (unpaired) electrons. The normalized spacial score (nSPS) is 13.3. The highest BCUT2D eigenvalue weighted by Gasteiger charge is 2.15. The zero-order valence-corrected chi connectivity index (χ0v) is 14.0. The molecule has 114 valence electrons. The first-order chi connectivity index (χ1) is 9.46. The van der Waals surface area contributed by atoms with Crippen LogP contribution in [0.25, 0.3) is 0 Å². The van der Waals surface area contributed by atoms with Crippen molar-refractivity contribution in [3.8, 4) is 0 Å². The van der Waals surface area contributed by atoms with Crippen LogP contribution in [-0.4, -0.2) is 33.5 Å². The van der Waals surface area contributed by atoms with Crippen molar-refractivity contribution in [3.05, 3.63) is 35.4 Å². The molecule has 0 aliphatic rings. The topological polar surface area (TPSA) is 58.2 Å². The third-order valence-electron chi connectivity index (χ3n) is 2.90. The highest BCUT2D eigenvalue weighted by molar-refractivity contribution is 7.98. The van der Waals surface area contributed by atoms with Gasteiger partial charge in [0, 0.05) is 12.6 Å². The molecule has 6 heteroatoms. The average molecular weight is 316 g/mol. The van der Waals surface area contributed by atoms with Gasteiger partial charge in [0.25, 0.3) is 0 Å². The Morgan fingerprint density at radius 3 is 2.35 bits per heavy atom. The summed E-state index contributed by atoms with van der Waals surface area (Å²) < 4.78 is 26.8. The van der Waals surface area contributed by atoms with E-state index in [1.54, 1.807) is 11.8 Å². The van der Waals surface area contributed by atoms with E-state index >= 15 is 0 Å². The van der Waals surface area contributed by atoms with Crippen molar-refractivity contribution >= 4 is 21.8 Å². The molecule has 1 atom stereocenters. The lowest BCUT2D eigenvalue weighted by molar-refractivity contribution is 0.556. The van der Waals surface area contributed by atoms with E-state index in [0.717, 1.165) is 29.8 Å². The minimum atomic E-state index is -3.26. The van der Waals surface area contributed by atoms with E-state index in [2.05, 4.69) is 10.0 Å². The first kappa shape index (κ1) is 17.5. The van der Waals surface area contributed by atoms with E-state index < -0.39 is 10.0 Å². The monoisotopic (exact) mass is 316 g/mol. The molecule has 0 aliphatic heterocycles. The number of nitrogens with one attached hydrogen (secondary N) is 2. The molecule has 1 unspecified atom stereocenters. The fourth-order valence-corrected chi connectivity index (χ4v) is 3.91. The number of rotatable bonds is 9. The molecule has 0 bridgehead atoms. The molecule has 20 heavy (non-hydrogen) atoms. The van der Waals surface area contributed by atoms with Crippen LogP contribution < -0.4 is 10.0 Å². The van der Waals surface area contributed by atoms with Crippen molar-refractivity contribution in [1.29, 1.82) is 0 Å². The Kier molecular flexibility index (Phi) is 7.58. The van der Waals surface area contributed by atoms with Crippen LogP contribution in [0.3, 0.4) is 0 Å². The number of benzene rings is 1. The van der Waals surface area contributed by atoms with Crippen molar-refractivity contribution in [2.45, 2.75) is 31.7 Å². The summed E-state index contributed by atoms with van der Waals surface area (Å²) in [6.45, 7) is 2.70. The van der Waals surface area contributed by atoms with E-state index in [1.807, 2.05) is 44.5 Å². The summed E-state index contributed by atoms with van der Waals surface area (Å²) in [4.78, 5) is 0. The summed E-state index contributed by atoms with van der Waals surface area (Å²) in [5.41, 5.74) is 1.96. The molecular weight excluding hydrogens is 292 g/mol. The Hall–Kier alpha value is -0.560. The maximum Gasteiger partial charge on any atom is 0.216 e. The third-order valence-corrected chi connectivity index (χ3v) is 5.02. The standard InChI is InChI=1S/C14H24N2O2S2/c1-12(8-9-19-3)16-20(17,18)11-14-6-4-13(5-7-14)10-15-2/h4-7,12,15-16H,8-11H2,1-3H3. The Morgan fingerprint density at radius 1 is 1.20 bits per heavy atom. The van der Waals surface area contributed by atoms with Crippen molar-refractivity contribution < 1.29 is 8.42 Å². The fourth-order valence-electron chi connectivity index (χ4n) is 1.88. The van der Waals surface area contributed by atoms with Gasteiger partial charge in [-0.3, -0.25) is 0 Å². The maximum atomic E-state index is 12.1. The third kappa shape index (κ3) is 6.74. The molecule has 0 heterocycles. The molecule has 0 saturated heterocycles. The summed E-state index contributed by atoms with van der Waals surface area (Å²) in [6.07, 6.45) is 2.87. The number of thioether (sulfide) groups is 1. The van der Waals surface area contributed by atoms with Gasteiger partial charge in [-0.1, -0.05) is 24.3 Å². The lowest BCUT2D eigenvalue weighted by atomic mass is 10.1. The summed E-state index contributed by atoms with van der Waals surface area (Å²) in [7, 11) is -1.38. The van der Waals surface area contributed by atoms with Gasteiger partial charge in [0.05, 0.1) is 5.75 Å². The smallest absolute Gasteiger partial charge is 0.216 e. The van der Waals surface area contributed by atoms with Crippen molar-refractivity contribution in [2.75, 3.05) is 19.1 Å². The molecule has 0 aromatic heterocycles. The highest BCUT2D eigenvalue weighted by Crippen LogP contribution is 2.09. The maximum absolute atomic E-state index is 12.1. The molecule has 0 spiro atoms. The van der Waals surface area contributed by atoms with E-state index in [0.29, 0.717) is 0 Å². The van der Waals surface area contributed by atoms with E-state index in [1.165, 1.54) is 0 Å². The number of hydrogen-bond acceptors (Lipinski definition) is 4. The zero-order chi connectivity index (χ0) is 15.0. The van der Waals surface area contributed by atoms with Gasteiger partial charge in [-0.2, -0.15) is 11.8 Å². The summed E-state index contributed by atoms with van der Waals surface area (Å²) in [5, 5.41) is 3.06. The van der Waals surface area contributed by atoms with Crippen molar-refractivity contribution in [3.63, 3.8) is 0 Å². The molecular formula is C14H24N2O2S2. The van der Waals surface area contributed by atoms with Gasteiger partial charge in [-0.25, -0.2) is 13.1 Å². The first-order valence-corrected chi connectivity index (χ1v) is 9.73. The second-order valence-corrected chi connectivity index (χ2v) is 7.65. The van der Waals surface area contributed by atoms with Gasteiger partial charge in [0.15, 0.2) is 0 Å². The predicted molar refractivity (Wildman–Crippen MR) is 87.4 cm³/mol. The zero-order valence-electron chi connectivity index (χ0n) is 12.3. The molecule has 0 saturated carbocycles. The second-order valence-electron chi connectivity index (χ2n) is 4.91. The van der Waals surface area contributed by atoms with E-state index in [9.17, 15) is 8.42 Å². The minimum absolute atomic E-state index is 0.0176. The Bertz CT molecular complexity index is 486. The van der Waals surface area contributed by atoms with Crippen LogP contribution in [0, 0.1) is 0 Å². The summed E-state index contributed by atoms with van der Waals surface area (Å²) in [6, 6.07) is 7.64. The van der Waals surface area contributed by atoms with Crippen LogP contribution in [0.5, 0.6) is 0 Å². The van der Waals surface area contributed by atoms with Gasteiger partial charge >= 0.3 is 0 Å². The molecule has 0 fully saturated rings. The van der Waals surface area contributed by atoms with Crippen LogP contribution in [0.4, 0.5) is 0 Å². The lowest BCUT2D eigenvalue weighted by Crippen LogP contribution is -2.33. The number of sulfonamides is 1. The van der Waals surface area contributed by atoms with Crippen LogP contribution >= 0.6 is 11.8 Å². The Morgan fingerprint density at radius 2 is 1.80 bits per heavy atom. The van der Waals surface area contributed by atoms with Gasteiger partial charge < -0.3 is 5.32 Å². The molecule has 1 aromatic rings. The molecule has 2 N–H and O–H groups in total. The first-order valence-electron chi connectivity index (χ1n) is 6.68. The van der Waals surface area contributed by atoms with Gasteiger partial charge in [-0.15, -0.1) is 0 Å². The lowest BCUT2D eigenvalue weighted by Gasteiger charge is -2.13. The van der Waals surface area contributed by atoms with Crippen LogP contribution in [0.2, 0.25) is 0 Å². The largest absolute Gasteiger partial charge is 0.316 e. The molecule has 0 aliphatic carbocycles. The minimum Gasteiger partial charge on any atom is -0.316 e. The quantitative estimate of drug-likeness (QED) is 0.731. The van der Waals surface area contributed by atoms with Crippen molar-refractivity contribution in [2.24, 2.45) is 0 Å². The summed E-state index contributed by atoms with van der Waals surface area (Å²) in [5.74, 6) is 0.999. The Labute approximate surface area is 126 Å². The van der Waals surface area contributed by atoms with E-state index in [4.69, 9.17) is 0 Å². The van der Waals surface area contributed by atoms with Gasteiger partial charge in [-0.05, 0) is 43.5 Å². The predicted octanol–water partition coefficient (Wildman–Crippen LogP) is 1.97. The van der Waals surface area contributed by atoms with Crippen molar-refractivity contribution in [1.82, 2.24) is 10.0 Å². The number of hydrogen-bond donors (Lipinski definition) is 2. The van der Waals surface area contributed by atoms with E-state index in [-0.39, 0.29) is 11.8 Å². The molecule has 1 rings (SSSR count). The Balaban J connectivity index is 2.57. The van der Waals surface area contributed by atoms with Gasteiger partial charge in [0.2, 0.25) is 10.0 Å². The molecule has 1 aromatic carbocycles. The van der Waals surface area contributed by atoms with Crippen LogP contribution in [0.15, 0.2) is 24.3 Å². The highest BCUT2D eigenvalue weighted by atomic mass is 32.2. The molecule has 0 amide bonds. The van der Waals surface area contributed by atoms with Crippen LogP contribution in [-0.2, 0) is 22.3 Å². The van der Waals surface area contributed by atoms with Gasteiger partial charge in [0.1, 0.15) is 0 Å². The average Bonchev–Trinajstić information content (AvgIpc) is 2.38. The second kappa shape index (κ2) is 8.67.